The van der Waals surface area contributed by atoms with Crippen molar-refractivity contribution in [1.82, 2.24) is 10.3 Å². The Bertz CT molecular complexity index is 925. The smallest absolute Gasteiger partial charge is 0.262 e. The fourth-order valence-electron chi connectivity index (χ4n) is 2.36. The number of aromatic amines is 1. The summed E-state index contributed by atoms with van der Waals surface area (Å²) in [7, 11) is 0. The van der Waals surface area contributed by atoms with E-state index in [0.717, 1.165) is 22.2 Å². The van der Waals surface area contributed by atoms with E-state index in [1.54, 1.807) is 18.3 Å². The van der Waals surface area contributed by atoms with Crippen molar-refractivity contribution < 1.29 is 9.21 Å². The molecule has 0 radical (unpaired) electrons. The minimum absolute atomic E-state index is 0.0537. The summed E-state index contributed by atoms with van der Waals surface area (Å²) in [6.07, 6.45) is 3.37. The molecular formula is C18H15N3O2. The van der Waals surface area contributed by atoms with Crippen molar-refractivity contribution in [2.45, 2.75) is 13.5 Å². The number of nitrogens with one attached hydrogen (secondary N) is 2. The van der Waals surface area contributed by atoms with Crippen LogP contribution in [0.4, 0.5) is 0 Å². The van der Waals surface area contributed by atoms with E-state index in [-0.39, 0.29) is 12.1 Å². The highest BCUT2D eigenvalue weighted by Crippen LogP contribution is 2.20. The van der Waals surface area contributed by atoms with Gasteiger partial charge in [-0.05, 0) is 31.2 Å². The van der Waals surface area contributed by atoms with E-state index in [0.29, 0.717) is 5.76 Å². The Kier molecular flexibility index (Phi) is 3.98. The Morgan fingerprint density at radius 2 is 2.17 bits per heavy atom. The molecule has 23 heavy (non-hydrogen) atoms. The maximum atomic E-state index is 12.2. The summed E-state index contributed by atoms with van der Waals surface area (Å²) in [4.78, 5) is 15.3. The van der Waals surface area contributed by atoms with Gasteiger partial charge in [0.25, 0.3) is 5.91 Å². The first-order valence-electron chi connectivity index (χ1n) is 7.19. The van der Waals surface area contributed by atoms with E-state index in [1.165, 1.54) is 0 Å². The molecule has 5 heteroatoms. The number of carbonyl (C=O) groups excluding carboxylic acids is 1. The number of amides is 1. The van der Waals surface area contributed by atoms with Crippen molar-refractivity contribution in [2.75, 3.05) is 0 Å². The van der Waals surface area contributed by atoms with Gasteiger partial charge in [-0.25, -0.2) is 0 Å². The van der Waals surface area contributed by atoms with Crippen LogP contribution >= 0.6 is 0 Å². The van der Waals surface area contributed by atoms with E-state index >= 15 is 0 Å². The molecule has 5 nitrogen and oxygen atoms in total. The third-order valence-electron chi connectivity index (χ3n) is 3.51. The lowest BCUT2D eigenvalue weighted by atomic mass is 10.1. The van der Waals surface area contributed by atoms with Crippen molar-refractivity contribution in [2.24, 2.45) is 0 Å². The molecular weight excluding hydrogens is 290 g/mol. The van der Waals surface area contributed by atoms with Crippen LogP contribution in [0.25, 0.3) is 17.0 Å². The fraction of sp³-hybridized carbons (Fsp3) is 0.111. The Morgan fingerprint density at radius 3 is 2.91 bits per heavy atom. The summed E-state index contributed by atoms with van der Waals surface area (Å²) in [5.41, 5.74) is 1.82. The van der Waals surface area contributed by atoms with Gasteiger partial charge in [0.15, 0.2) is 0 Å². The number of fused-ring (bicyclic) bond motifs is 1. The molecule has 0 fully saturated rings. The molecule has 2 heterocycles. The standard InChI is InChI=1S/C18H15N3O2/c1-12-6-7-15(23-12)11-21-18(22)13(9-19)8-14-10-20-17-5-3-2-4-16(14)17/h2-8,10,20H,11H2,1H3,(H,21,22). The molecule has 0 saturated carbocycles. The number of H-pyrrole nitrogens is 1. The number of furan rings is 1. The monoisotopic (exact) mass is 305 g/mol. The average Bonchev–Trinajstić information content (AvgIpc) is 3.16. The topological polar surface area (TPSA) is 81.8 Å². The van der Waals surface area contributed by atoms with Crippen molar-refractivity contribution in [3.8, 4) is 6.07 Å². The molecule has 3 rings (SSSR count). The number of aryl methyl sites for hydroxylation is 1. The molecule has 0 aliphatic rings. The SMILES string of the molecule is Cc1ccc(CNC(=O)C(C#N)=Cc2c[nH]c3ccccc23)o1. The Morgan fingerprint density at radius 1 is 1.35 bits per heavy atom. The normalized spacial score (nSPS) is 11.4. The quantitative estimate of drug-likeness (QED) is 0.573. The maximum absolute atomic E-state index is 12.2. The van der Waals surface area contributed by atoms with Crippen LogP contribution in [0.3, 0.4) is 0 Å². The maximum Gasteiger partial charge on any atom is 0.262 e. The zero-order valence-electron chi connectivity index (χ0n) is 12.6. The second-order valence-corrected chi connectivity index (χ2v) is 5.15. The van der Waals surface area contributed by atoms with E-state index in [9.17, 15) is 10.1 Å². The molecule has 0 unspecified atom stereocenters. The lowest BCUT2D eigenvalue weighted by molar-refractivity contribution is -0.117. The molecule has 0 saturated heterocycles. The minimum atomic E-state index is -0.424. The van der Waals surface area contributed by atoms with Crippen LogP contribution in [-0.4, -0.2) is 10.9 Å². The summed E-state index contributed by atoms with van der Waals surface area (Å²) in [5.74, 6) is 1.01. The largest absolute Gasteiger partial charge is 0.465 e. The molecule has 1 amide bonds. The van der Waals surface area contributed by atoms with Gasteiger partial charge in [-0.15, -0.1) is 0 Å². The number of hydrogen-bond acceptors (Lipinski definition) is 3. The highest BCUT2D eigenvalue weighted by Gasteiger charge is 2.11. The van der Waals surface area contributed by atoms with Crippen molar-refractivity contribution in [3.63, 3.8) is 0 Å². The molecule has 0 atom stereocenters. The third kappa shape index (κ3) is 3.16. The van der Waals surface area contributed by atoms with Crippen molar-refractivity contribution >= 4 is 22.9 Å². The molecule has 0 aliphatic carbocycles. The molecule has 1 aromatic carbocycles. The lowest BCUT2D eigenvalue weighted by Crippen LogP contribution is -2.23. The second kappa shape index (κ2) is 6.24. The molecule has 3 aromatic rings. The van der Waals surface area contributed by atoms with E-state index in [4.69, 9.17) is 4.42 Å². The predicted molar refractivity (Wildman–Crippen MR) is 87.2 cm³/mol. The molecule has 2 aromatic heterocycles. The van der Waals surface area contributed by atoms with Gasteiger partial charge in [-0.3, -0.25) is 4.79 Å². The van der Waals surface area contributed by atoms with E-state index in [2.05, 4.69) is 10.3 Å². The van der Waals surface area contributed by atoms with Crippen molar-refractivity contribution in [1.29, 1.82) is 5.26 Å². The number of aromatic nitrogens is 1. The van der Waals surface area contributed by atoms with Gasteiger partial charge in [0, 0.05) is 22.7 Å². The predicted octanol–water partition coefficient (Wildman–Crippen LogP) is 3.29. The third-order valence-corrected chi connectivity index (χ3v) is 3.51. The zero-order chi connectivity index (χ0) is 16.2. The first-order valence-corrected chi connectivity index (χ1v) is 7.19. The van der Waals surface area contributed by atoms with Gasteiger partial charge in [-0.1, -0.05) is 18.2 Å². The summed E-state index contributed by atoms with van der Waals surface area (Å²) >= 11 is 0. The van der Waals surface area contributed by atoms with E-state index in [1.807, 2.05) is 43.3 Å². The second-order valence-electron chi connectivity index (χ2n) is 5.15. The highest BCUT2D eigenvalue weighted by atomic mass is 16.3. The van der Waals surface area contributed by atoms with Crippen LogP contribution in [0.15, 0.2) is 52.6 Å². The van der Waals surface area contributed by atoms with Gasteiger partial charge in [0.2, 0.25) is 0 Å². The number of carbonyl (C=O) groups is 1. The van der Waals surface area contributed by atoms with E-state index < -0.39 is 5.91 Å². The van der Waals surface area contributed by atoms with Crippen LogP contribution in [0.2, 0.25) is 0 Å². The zero-order valence-corrected chi connectivity index (χ0v) is 12.6. The van der Waals surface area contributed by atoms with Crippen LogP contribution in [0.5, 0.6) is 0 Å². The van der Waals surface area contributed by atoms with Gasteiger partial charge >= 0.3 is 0 Å². The first-order chi connectivity index (χ1) is 11.2. The summed E-state index contributed by atoms with van der Waals surface area (Å²) in [5, 5.41) is 12.9. The van der Waals surface area contributed by atoms with Crippen LogP contribution in [-0.2, 0) is 11.3 Å². The lowest BCUT2D eigenvalue weighted by Gasteiger charge is -2.02. The number of nitriles is 1. The van der Waals surface area contributed by atoms with Gasteiger partial charge in [-0.2, -0.15) is 5.26 Å². The van der Waals surface area contributed by atoms with Gasteiger partial charge in [0.1, 0.15) is 23.2 Å². The van der Waals surface area contributed by atoms with Gasteiger partial charge in [0.05, 0.1) is 6.54 Å². The summed E-state index contributed by atoms with van der Waals surface area (Å²) in [6, 6.07) is 13.3. The molecule has 114 valence electrons. The van der Waals surface area contributed by atoms with Crippen LogP contribution in [0.1, 0.15) is 17.1 Å². The Hall–Kier alpha value is -3.26. The number of benzene rings is 1. The number of hydrogen-bond donors (Lipinski definition) is 2. The average molecular weight is 305 g/mol. The number of nitrogens with zero attached hydrogens (tertiary/aromatic N) is 1. The number of para-hydroxylation sites is 1. The highest BCUT2D eigenvalue weighted by molar-refractivity contribution is 6.03. The summed E-state index contributed by atoms with van der Waals surface area (Å²) < 4.78 is 5.39. The number of rotatable bonds is 4. The fourth-order valence-corrected chi connectivity index (χ4v) is 2.36. The van der Waals surface area contributed by atoms with Crippen molar-refractivity contribution in [3.05, 3.63) is 65.3 Å². The molecule has 0 aliphatic heterocycles. The first kappa shape index (κ1) is 14.7. The molecule has 0 spiro atoms. The van der Waals surface area contributed by atoms with Crippen LogP contribution in [0, 0.1) is 18.3 Å². The van der Waals surface area contributed by atoms with Gasteiger partial charge < -0.3 is 14.7 Å². The summed E-state index contributed by atoms with van der Waals surface area (Å²) in [6.45, 7) is 2.09. The van der Waals surface area contributed by atoms with Crippen LogP contribution < -0.4 is 5.32 Å². The minimum Gasteiger partial charge on any atom is -0.465 e. The molecule has 2 N–H and O–H groups in total. The molecule has 0 bridgehead atoms. The Balaban J connectivity index is 1.78. The Labute approximate surface area is 133 Å².